The molecule has 3 heteroatoms. The highest BCUT2D eigenvalue weighted by Crippen LogP contribution is 2.09. The molecule has 0 radical (unpaired) electrons. The quantitative estimate of drug-likeness (QED) is 0.707. The zero-order chi connectivity index (χ0) is 8.10. The minimum Gasteiger partial charge on any atom is -0.385 e. The van der Waals surface area contributed by atoms with Crippen molar-refractivity contribution >= 4 is 15.9 Å². The number of rotatable bonds is 4. The fraction of sp³-hybridized carbons (Fsp3) is 0.500. The normalized spacial score (nSPS) is 10.4. The minimum atomic E-state index is 0.829. The number of aromatic nitrogens is 1. The second-order valence-corrected chi connectivity index (χ2v) is 3.33. The fourth-order valence-electron chi connectivity index (χ4n) is 0.942. The molecular formula is C8H12BrNO. The second kappa shape index (κ2) is 4.57. The monoisotopic (exact) mass is 217 g/mol. The minimum absolute atomic E-state index is 0.829. The van der Waals surface area contributed by atoms with E-state index in [1.807, 2.05) is 6.07 Å². The predicted octanol–water partition coefficient (Wildman–Crippen LogP) is 2.29. The third-order valence-corrected chi connectivity index (χ3v) is 1.95. The molecule has 0 spiro atoms. The highest BCUT2D eigenvalue weighted by molar-refractivity contribution is 9.10. The smallest absolute Gasteiger partial charge is 0.0479 e. The summed E-state index contributed by atoms with van der Waals surface area (Å²) < 4.78 is 8.22. The maximum atomic E-state index is 4.95. The first-order chi connectivity index (χ1) is 5.33. The number of methoxy groups -OCH3 is 1. The molecule has 0 aliphatic heterocycles. The first-order valence-electron chi connectivity index (χ1n) is 3.63. The van der Waals surface area contributed by atoms with Gasteiger partial charge >= 0.3 is 0 Å². The molecule has 62 valence electrons. The molecule has 0 aromatic carbocycles. The number of nitrogens with zero attached hydrogens (tertiary/aromatic N) is 1. The van der Waals surface area contributed by atoms with Crippen LogP contribution in [0.1, 0.15) is 6.42 Å². The third-order valence-electron chi connectivity index (χ3n) is 1.48. The Morgan fingerprint density at radius 3 is 3.00 bits per heavy atom. The Balaban J connectivity index is 2.27. The maximum Gasteiger partial charge on any atom is 0.0479 e. The number of halogens is 1. The Labute approximate surface area is 75.3 Å². The van der Waals surface area contributed by atoms with Gasteiger partial charge in [0.25, 0.3) is 0 Å². The van der Waals surface area contributed by atoms with Crippen LogP contribution in [0.25, 0.3) is 0 Å². The molecule has 0 saturated carbocycles. The Hall–Kier alpha value is -0.280. The van der Waals surface area contributed by atoms with Crippen LogP contribution in [-0.2, 0) is 11.3 Å². The van der Waals surface area contributed by atoms with Crippen LogP contribution in [0.2, 0.25) is 0 Å². The van der Waals surface area contributed by atoms with Crippen molar-refractivity contribution in [3.05, 3.63) is 22.9 Å². The van der Waals surface area contributed by atoms with Gasteiger partial charge in [0.05, 0.1) is 0 Å². The van der Waals surface area contributed by atoms with Crippen molar-refractivity contribution in [2.45, 2.75) is 13.0 Å². The lowest BCUT2D eigenvalue weighted by molar-refractivity contribution is 0.190. The Morgan fingerprint density at radius 2 is 2.45 bits per heavy atom. The van der Waals surface area contributed by atoms with Gasteiger partial charge in [-0.15, -0.1) is 0 Å². The van der Waals surface area contributed by atoms with Crippen LogP contribution in [0.4, 0.5) is 0 Å². The molecule has 0 atom stereocenters. The molecule has 1 aromatic rings. The lowest BCUT2D eigenvalue weighted by atomic mass is 10.4. The summed E-state index contributed by atoms with van der Waals surface area (Å²) in [5.41, 5.74) is 0. The Morgan fingerprint density at radius 1 is 1.64 bits per heavy atom. The summed E-state index contributed by atoms with van der Waals surface area (Å²) in [5.74, 6) is 0. The zero-order valence-corrected chi connectivity index (χ0v) is 8.17. The van der Waals surface area contributed by atoms with Crippen molar-refractivity contribution in [2.24, 2.45) is 0 Å². The van der Waals surface area contributed by atoms with Gasteiger partial charge in [-0.1, -0.05) is 0 Å². The van der Waals surface area contributed by atoms with Gasteiger partial charge in [0.1, 0.15) is 0 Å². The molecule has 0 saturated heterocycles. The van der Waals surface area contributed by atoms with Crippen LogP contribution in [-0.4, -0.2) is 18.3 Å². The van der Waals surface area contributed by atoms with Crippen LogP contribution in [0.15, 0.2) is 22.9 Å². The van der Waals surface area contributed by atoms with Gasteiger partial charge in [-0.25, -0.2) is 0 Å². The molecule has 0 aliphatic carbocycles. The molecule has 0 bridgehead atoms. The molecule has 1 rings (SSSR count). The zero-order valence-electron chi connectivity index (χ0n) is 6.59. The summed E-state index contributed by atoms with van der Waals surface area (Å²) in [6, 6.07) is 2.03. The van der Waals surface area contributed by atoms with Crippen LogP contribution in [0.5, 0.6) is 0 Å². The van der Waals surface area contributed by atoms with Gasteiger partial charge in [0.15, 0.2) is 0 Å². The van der Waals surface area contributed by atoms with Gasteiger partial charge in [0.2, 0.25) is 0 Å². The molecule has 0 aliphatic rings. The van der Waals surface area contributed by atoms with Crippen molar-refractivity contribution in [3.63, 3.8) is 0 Å². The predicted molar refractivity (Wildman–Crippen MR) is 48.6 cm³/mol. The molecule has 2 nitrogen and oxygen atoms in total. The summed E-state index contributed by atoms with van der Waals surface area (Å²) in [6.45, 7) is 1.86. The number of aryl methyl sites for hydroxylation is 1. The third kappa shape index (κ3) is 3.08. The lowest BCUT2D eigenvalue weighted by Crippen LogP contribution is -1.98. The lowest BCUT2D eigenvalue weighted by Gasteiger charge is -2.00. The van der Waals surface area contributed by atoms with E-state index in [2.05, 4.69) is 32.9 Å². The average Bonchev–Trinajstić information content (AvgIpc) is 2.37. The summed E-state index contributed by atoms with van der Waals surface area (Å²) in [7, 11) is 1.73. The fourth-order valence-corrected chi connectivity index (χ4v) is 1.32. The van der Waals surface area contributed by atoms with E-state index < -0.39 is 0 Å². The first-order valence-corrected chi connectivity index (χ1v) is 4.42. The van der Waals surface area contributed by atoms with E-state index in [9.17, 15) is 0 Å². The number of hydrogen-bond acceptors (Lipinski definition) is 1. The van der Waals surface area contributed by atoms with Gasteiger partial charge in [-0.3, -0.25) is 0 Å². The van der Waals surface area contributed by atoms with E-state index >= 15 is 0 Å². The standard InChI is InChI=1S/C8H12BrNO/c1-11-6-2-4-10-5-3-8(9)7-10/h3,5,7H,2,4,6H2,1H3. The topological polar surface area (TPSA) is 14.2 Å². The molecule has 1 heterocycles. The second-order valence-electron chi connectivity index (χ2n) is 2.41. The maximum absolute atomic E-state index is 4.95. The number of hydrogen-bond donors (Lipinski definition) is 0. The Bertz CT molecular complexity index is 210. The van der Waals surface area contributed by atoms with Crippen molar-refractivity contribution in [3.8, 4) is 0 Å². The number of ether oxygens (including phenoxy) is 1. The van der Waals surface area contributed by atoms with Gasteiger partial charge in [0, 0.05) is 37.1 Å². The van der Waals surface area contributed by atoms with E-state index in [0.29, 0.717) is 0 Å². The largest absolute Gasteiger partial charge is 0.385 e. The van der Waals surface area contributed by atoms with Crippen LogP contribution in [0, 0.1) is 0 Å². The molecular weight excluding hydrogens is 206 g/mol. The van der Waals surface area contributed by atoms with Crippen LogP contribution >= 0.6 is 15.9 Å². The van der Waals surface area contributed by atoms with E-state index in [1.165, 1.54) is 0 Å². The average molecular weight is 218 g/mol. The summed E-state index contributed by atoms with van der Waals surface area (Å²) in [4.78, 5) is 0. The van der Waals surface area contributed by atoms with Crippen molar-refractivity contribution in [2.75, 3.05) is 13.7 Å². The van der Waals surface area contributed by atoms with Gasteiger partial charge < -0.3 is 9.30 Å². The highest BCUT2D eigenvalue weighted by Gasteiger charge is 1.91. The molecule has 0 fully saturated rings. The Kier molecular flexibility index (Phi) is 3.66. The molecule has 11 heavy (non-hydrogen) atoms. The van der Waals surface area contributed by atoms with Crippen molar-refractivity contribution in [1.29, 1.82) is 0 Å². The molecule has 0 amide bonds. The molecule has 0 N–H and O–H groups in total. The van der Waals surface area contributed by atoms with Gasteiger partial charge in [-0.2, -0.15) is 0 Å². The van der Waals surface area contributed by atoms with E-state index in [0.717, 1.165) is 24.0 Å². The highest BCUT2D eigenvalue weighted by atomic mass is 79.9. The van der Waals surface area contributed by atoms with Gasteiger partial charge in [-0.05, 0) is 28.4 Å². The van der Waals surface area contributed by atoms with Crippen LogP contribution in [0.3, 0.4) is 0 Å². The van der Waals surface area contributed by atoms with Crippen molar-refractivity contribution < 1.29 is 4.74 Å². The van der Waals surface area contributed by atoms with Crippen LogP contribution < -0.4 is 0 Å². The van der Waals surface area contributed by atoms with E-state index in [1.54, 1.807) is 7.11 Å². The molecule has 0 unspecified atom stereocenters. The van der Waals surface area contributed by atoms with E-state index in [-0.39, 0.29) is 0 Å². The summed E-state index contributed by atoms with van der Waals surface area (Å²) in [5, 5.41) is 0. The first kappa shape index (κ1) is 8.81. The summed E-state index contributed by atoms with van der Waals surface area (Å²) in [6.07, 6.45) is 5.19. The summed E-state index contributed by atoms with van der Waals surface area (Å²) >= 11 is 3.39. The SMILES string of the molecule is COCCCn1ccc(Br)c1. The molecule has 1 aromatic heterocycles. The van der Waals surface area contributed by atoms with Crippen molar-refractivity contribution in [1.82, 2.24) is 4.57 Å². The van der Waals surface area contributed by atoms with E-state index in [4.69, 9.17) is 4.74 Å².